The zero-order valence-corrected chi connectivity index (χ0v) is 12.9. The summed E-state index contributed by atoms with van der Waals surface area (Å²) >= 11 is 0. The van der Waals surface area contributed by atoms with Crippen molar-refractivity contribution in [3.05, 3.63) is 29.8 Å². The fraction of sp³-hybridized carbons (Fsp3) is 0.500. The molecule has 7 heteroatoms. The number of sulfonamides is 1. The van der Waals surface area contributed by atoms with E-state index in [2.05, 4.69) is 10.1 Å². The topological polar surface area (TPSA) is 75.7 Å². The molecule has 0 aliphatic carbocycles. The molecular weight excluding hydrogens is 292 g/mol. The molecule has 116 valence electrons. The Morgan fingerprint density at radius 2 is 2.14 bits per heavy atom. The lowest BCUT2D eigenvalue weighted by atomic mass is 10.2. The van der Waals surface area contributed by atoms with Gasteiger partial charge in [0.2, 0.25) is 10.0 Å². The van der Waals surface area contributed by atoms with Crippen LogP contribution in [0.3, 0.4) is 0 Å². The molecule has 1 aromatic carbocycles. The van der Waals surface area contributed by atoms with E-state index in [1.165, 1.54) is 11.4 Å². The van der Waals surface area contributed by atoms with Crippen molar-refractivity contribution in [2.45, 2.75) is 19.4 Å². The Labute approximate surface area is 125 Å². The Kier molecular flexibility index (Phi) is 5.19. The first kappa shape index (κ1) is 15.8. The van der Waals surface area contributed by atoms with Crippen LogP contribution >= 0.6 is 0 Å². The average molecular weight is 312 g/mol. The number of methoxy groups -OCH3 is 1. The number of hydrogen-bond donors (Lipinski definition) is 1. The molecule has 0 spiro atoms. The van der Waals surface area contributed by atoms with Gasteiger partial charge < -0.3 is 10.1 Å². The summed E-state index contributed by atoms with van der Waals surface area (Å²) in [4.78, 5) is 11.1. The molecule has 0 bridgehead atoms. The molecule has 0 radical (unpaired) electrons. The van der Waals surface area contributed by atoms with E-state index >= 15 is 0 Å². The number of nitrogens with one attached hydrogen (secondary N) is 1. The lowest BCUT2D eigenvalue weighted by molar-refractivity contribution is -0.140. The summed E-state index contributed by atoms with van der Waals surface area (Å²) in [5, 5.41) is 3.21. The van der Waals surface area contributed by atoms with Crippen LogP contribution in [0.25, 0.3) is 0 Å². The van der Waals surface area contributed by atoms with Crippen LogP contribution in [0.5, 0.6) is 0 Å². The SMILES string of the molecule is COC(=O)CCCS(=O)(=O)N1CCNCc2ccccc21. The highest BCUT2D eigenvalue weighted by Crippen LogP contribution is 2.25. The predicted molar refractivity (Wildman–Crippen MR) is 80.5 cm³/mol. The van der Waals surface area contributed by atoms with Crippen molar-refractivity contribution in [2.75, 3.05) is 30.3 Å². The molecule has 1 heterocycles. The molecule has 0 aromatic heterocycles. The summed E-state index contributed by atoms with van der Waals surface area (Å²) in [6.45, 7) is 1.66. The number of carbonyl (C=O) groups excluding carboxylic acids is 1. The van der Waals surface area contributed by atoms with Gasteiger partial charge in [0.15, 0.2) is 0 Å². The van der Waals surface area contributed by atoms with Crippen molar-refractivity contribution >= 4 is 21.7 Å². The zero-order valence-electron chi connectivity index (χ0n) is 12.0. The van der Waals surface area contributed by atoms with Gasteiger partial charge in [0.05, 0.1) is 18.6 Å². The van der Waals surface area contributed by atoms with Gasteiger partial charge in [-0.2, -0.15) is 0 Å². The van der Waals surface area contributed by atoms with E-state index in [0.717, 1.165) is 11.3 Å². The van der Waals surface area contributed by atoms with Gasteiger partial charge in [-0.15, -0.1) is 0 Å². The maximum atomic E-state index is 12.5. The molecular formula is C14H20N2O4S. The molecule has 1 aliphatic heterocycles. The van der Waals surface area contributed by atoms with Crippen LogP contribution in [0.4, 0.5) is 5.69 Å². The van der Waals surface area contributed by atoms with Crippen LogP contribution in [-0.4, -0.2) is 40.3 Å². The monoisotopic (exact) mass is 312 g/mol. The van der Waals surface area contributed by atoms with Crippen LogP contribution in [0.1, 0.15) is 18.4 Å². The third-order valence-corrected chi connectivity index (χ3v) is 5.27. The Morgan fingerprint density at radius 3 is 2.90 bits per heavy atom. The van der Waals surface area contributed by atoms with Gasteiger partial charge in [0.1, 0.15) is 0 Å². The maximum Gasteiger partial charge on any atom is 0.305 e. The van der Waals surface area contributed by atoms with Crippen LogP contribution in [-0.2, 0) is 26.1 Å². The van der Waals surface area contributed by atoms with Crippen LogP contribution < -0.4 is 9.62 Å². The van der Waals surface area contributed by atoms with E-state index in [9.17, 15) is 13.2 Å². The number of rotatable bonds is 5. The van der Waals surface area contributed by atoms with Gasteiger partial charge >= 0.3 is 5.97 Å². The summed E-state index contributed by atoms with van der Waals surface area (Å²) in [5.74, 6) is -0.445. The smallest absolute Gasteiger partial charge is 0.305 e. The number of fused-ring (bicyclic) bond motifs is 1. The standard InChI is InChI=1S/C14H20N2O4S/c1-20-14(17)7-4-10-21(18,19)16-9-8-15-11-12-5-2-3-6-13(12)16/h2-3,5-6,15H,4,7-11H2,1H3. The summed E-state index contributed by atoms with van der Waals surface area (Å²) in [6, 6.07) is 7.47. The Bertz CT molecular complexity index is 601. The first-order valence-electron chi connectivity index (χ1n) is 6.90. The number of para-hydroxylation sites is 1. The quantitative estimate of drug-likeness (QED) is 0.817. The molecule has 0 atom stereocenters. The molecule has 1 aromatic rings. The van der Waals surface area contributed by atoms with Gasteiger partial charge in [0, 0.05) is 26.1 Å². The van der Waals surface area contributed by atoms with Crippen molar-refractivity contribution in [2.24, 2.45) is 0 Å². The van der Waals surface area contributed by atoms with E-state index in [1.54, 1.807) is 0 Å². The number of ether oxygens (including phenoxy) is 1. The normalized spacial score (nSPS) is 15.2. The first-order chi connectivity index (χ1) is 10.0. The molecule has 2 rings (SSSR count). The predicted octanol–water partition coefficient (Wildman–Crippen LogP) is 0.879. The van der Waals surface area contributed by atoms with E-state index in [-0.39, 0.29) is 24.6 Å². The molecule has 6 nitrogen and oxygen atoms in total. The summed E-state index contributed by atoms with van der Waals surface area (Å²) in [7, 11) is -2.14. The second-order valence-corrected chi connectivity index (χ2v) is 6.89. The highest BCUT2D eigenvalue weighted by Gasteiger charge is 2.25. The minimum absolute atomic E-state index is 0.0591. The first-order valence-corrected chi connectivity index (χ1v) is 8.51. The lowest BCUT2D eigenvalue weighted by Gasteiger charge is -2.24. The third kappa shape index (κ3) is 3.95. The van der Waals surface area contributed by atoms with E-state index in [0.29, 0.717) is 19.6 Å². The van der Waals surface area contributed by atoms with Gasteiger partial charge in [-0.1, -0.05) is 18.2 Å². The number of benzene rings is 1. The van der Waals surface area contributed by atoms with Crippen molar-refractivity contribution in [3.63, 3.8) is 0 Å². The van der Waals surface area contributed by atoms with Crippen molar-refractivity contribution < 1.29 is 17.9 Å². The number of esters is 1. The molecule has 21 heavy (non-hydrogen) atoms. The van der Waals surface area contributed by atoms with Crippen molar-refractivity contribution in [1.29, 1.82) is 0 Å². The Hall–Kier alpha value is -1.60. The number of carbonyl (C=O) groups is 1. The molecule has 1 aliphatic rings. The largest absolute Gasteiger partial charge is 0.469 e. The van der Waals surface area contributed by atoms with Gasteiger partial charge in [-0.25, -0.2) is 8.42 Å². The minimum Gasteiger partial charge on any atom is -0.469 e. The molecule has 1 N–H and O–H groups in total. The second-order valence-electron chi connectivity index (χ2n) is 4.87. The van der Waals surface area contributed by atoms with E-state index in [4.69, 9.17) is 0 Å². The highest BCUT2D eigenvalue weighted by molar-refractivity contribution is 7.92. The summed E-state index contributed by atoms with van der Waals surface area (Å²) < 4.78 is 31.0. The van der Waals surface area contributed by atoms with Crippen LogP contribution in [0.15, 0.2) is 24.3 Å². The number of nitrogens with zero attached hydrogens (tertiary/aromatic N) is 1. The molecule has 0 saturated heterocycles. The fourth-order valence-corrected chi connectivity index (χ4v) is 3.90. The number of anilines is 1. The Morgan fingerprint density at radius 1 is 1.38 bits per heavy atom. The number of hydrogen-bond acceptors (Lipinski definition) is 5. The molecule has 0 amide bonds. The van der Waals surface area contributed by atoms with Crippen molar-refractivity contribution in [3.8, 4) is 0 Å². The third-order valence-electron chi connectivity index (χ3n) is 3.41. The maximum absolute atomic E-state index is 12.5. The van der Waals surface area contributed by atoms with Crippen LogP contribution in [0.2, 0.25) is 0 Å². The molecule has 0 unspecified atom stereocenters. The van der Waals surface area contributed by atoms with Gasteiger partial charge in [-0.3, -0.25) is 9.10 Å². The summed E-state index contributed by atoms with van der Waals surface area (Å²) in [5.41, 5.74) is 1.69. The fourth-order valence-electron chi connectivity index (χ4n) is 2.33. The minimum atomic E-state index is -3.44. The molecule has 0 fully saturated rings. The Balaban J connectivity index is 2.14. The van der Waals surface area contributed by atoms with E-state index < -0.39 is 10.0 Å². The zero-order chi connectivity index (χ0) is 15.3. The summed E-state index contributed by atoms with van der Waals surface area (Å²) in [6.07, 6.45) is 0.380. The van der Waals surface area contributed by atoms with Gasteiger partial charge in [0.25, 0.3) is 0 Å². The average Bonchev–Trinajstić information content (AvgIpc) is 2.69. The van der Waals surface area contributed by atoms with Crippen LogP contribution in [0, 0.1) is 0 Å². The molecule has 0 saturated carbocycles. The highest BCUT2D eigenvalue weighted by atomic mass is 32.2. The van der Waals surface area contributed by atoms with Crippen molar-refractivity contribution in [1.82, 2.24) is 5.32 Å². The second kappa shape index (κ2) is 6.91. The van der Waals surface area contributed by atoms with E-state index in [1.807, 2.05) is 24.3 Å². The lowest BCUT2D eigenvalue weighted by Crippen LogP contribution is -2.36. The van der Waals surface area contributed by atoms with Gasteiger partial charge in [-0.05, 0) is 18.1 Å².